The van der Waals surface area contributed by atoms with Crippen LogP contribution in [0.15, 0.2) is 47.4 Å². The summed E-state index contributed by atoms with van der Waals surface area (Å²) in [4.78, 5) is 24.1. The number of benzene rings is 2. The van der Waals surface area contributed by atoms with Crippen LogP contribution in [-0.4, -0.2) is 31.5 Å². The molecule has 1 unspecified atom stereocenters. The highest BCUT2D eigenvalue weighted by Crippen LogP contribution is 2.20. The second kappa shape index (κ2) is 7.54. The van der Waals surface area contributed by atoms with Crippen LogP contribution in [0.2, 0.25) is 0 Å². The molecule has 2 aromatic rings. The molecule has 0 spiro atoms. The van der Waals surface area contributed by atoms with Crippen LogP contribution < -0.4 is 10.5 Å². The standard InChI is InChI=1S/C17H18N2O6S/c1-10-3-8-14(15(20)9-10)17(22)25-11(2)16(21)19-12-4-6-13(7-5-12)26(18,23)24/h3-9,11,20H,1-2H3,(H,19,21)(H2,18,23,24). The third-order valence-corrected chi connectivity index (χ3v) is 4.41. The number of sulfonamides is 1. The van der Waals surface area contributed by atoms with Crippen LogP contribution in [0, 0.1) is 6.92 Å². The lowest BCUT2D eigenvalue weighted by atomic mass is 10.1. The van der Waals surface area contributed by atoms with Gasteiger partial charge >= 0.3 is 5.97 Å². The van der Waals surface area contributed by atoms with E-state index in [1.165, 1.54) is 43.3 Å². The summed E-state index contributed by atoms with van der Waals surface area (Å²) in [6.07, 6.45) is -1.14. The van der Waals surface area contributed by atoms with E-state index < -0.39 is 28.0 Å². The van der Waals surface area contributed by atoms with Gasteiger partial charge in [0.25, 0.3) is 5.91 Å². The minimum absolute atomic E-state index is 0.0484. The molecule has 0 fully saturated rings. The molecule has 0 saturated carbocycles. The Morgan fingerprint density at radius 3 is 2.31 bits per heavy atom. The van der Waals surface area contributed by atoms with Gasteiger partial charge in [-0.2, -0.15) is 0 Å². The number of aryl methyl sites for hydroxylation is 1. The normalized spacial score (nSPS) is 12.3. The third-order valence-electron chi connectivity index (χ3n) is 3.48. The molecular formula is C17H18N2O6S. The molecule has 9 heteroatoms. The number of carbonyl (C=O) groups excluding carboxylic acids is 2. The van der Waals surface area contributed by atoms with Crippen LogP contribution in [0.25, 0.3) is 0 Å². The molecular weight excluding hydrogens is 360 g/mol. The predicted molar refractivity (Wildman–Crippen MR) is 94.2 cm³/mol. The zero-order chi connectivity index (χ0) is 19.5. The summed E-state index contributed by atoms with van der Waals surface area (Å²) in [6.45, 7) is 3.13. The van der Waals surface area contributed by atoms with Crippen LogP contribution in [-0.2, 0) is 19.6 Å². The van der Waals surface area contributed by atoms with E-state index in [4.69, 9.17) is 9.88 Å². The van der Waals surface area contributed by atoms with Gasteiger partial charge in [-0.3, -0.25) is 4.79 Å². The highest BCUT2D eigenvalue weighted by molar-refractivity contribution is 7.89. The quantitative estimate of drug-likeness (QED) is 0.675. The Hall–Kier alpha value is -2.91. The summed E-state index contributed by atoms with van der Waals surface area (Å²) >= 11 is 0. The van der Waals surface area contributed by atoms with Crippen molar-refractivity contribution in [2.24, 2.45) is 5.14 Å². The second-order valence-corrected chi connectivity index (χ2v) is 7.19. The fraction of sp³-hybridized carbons (Fsp3) is 0.176. The van der Waals surface area contributed by atoms with E-state index in [2.05, 4.69) is 5.32 Å². The fourth-order valence-electron chi connectivity index (χ4n) is 2.06. The highest BCUT2D eigenvalue weighted by atomic mass is 32.2. The van der Waals surface area contributed by atoms with Gasteiger partial charge in [0.05, 0.1) is 4.90 Å². The summed E-state index contributed by atoms with van der Waals surface area (Å²) in [5.41, 5.74) is 1.03. The maximum Gasteiger partial charge on any atom is 0.342 e. The average Bonchev–Trinajstić information content (AvgIpc) is 2.54. The van der Waals surface area contributed by atoms with E-state index in [0.29, 0.717) is 5.69 Å². The number of rotatable bonds is 5. The Labute approximate surface area is 150 Å². The summed E-state index contributed by atoms with van der Waals surface area (Å²) in [6, 6.07) is 9.65. The number of phenolic OH excluding ortho intramolecular Hbond substituents is 1. The molecule has 1 atom stereocenters. The number of nitrogens with one attached hydrogen (secondary N) is 1. The molecule has 4 N–H and O–H groups in total. The summed E-state index contributed by atoms with van der Waals surface area (Å²) in [5, 5.41) is 17.3. The van der Waals surface area contributed by atoms with Gasteiger partial charge in [-0.05, 0) is 55.8 Å². The first kappa shape index (κ1) is 19.4. The maximum atomic E-state index is 12.1. The Morgan fingerprint density at radius 1 is 1.15 bits per heavy atom. The molecule has 1 amide bonds. The number of ether oxygens (including phenoxy) is 1. The molecule has 0 aliphatic carbocycles. The zero-order valence-electron chi connectivity index (χ0n) is 14.1. The number of carbonyl (C=O) groups is 2. The molecule has 0 aromatic heterocycles. The minimum Gasteiger partial charge on any atom is -0.507 e. The van der Waals surface area contributed by atoms with Crippen LogP contribution in [0.5, 0.6) is 5.75 Å². The zero-order valence-corrected chi connectivity index (χ0v) is 14.9. The fourth-order valence-corrected chi connectivity index (χ4v) is 2.58. The van der Waals surface area contributed by atoms with Crippen molar-refractivity contribution in [1.82, 2.24) is 0 Å². The van der Waals surface area contributed by atoms with Crippen molar-refractivity contribution in [3.63, 3.8) is 0 Å². The van der Waals surface area contributed by atoms with Gasteiger partial charge in [0, 0.05) is 5.69 Å². The van der Waals surface area contributed by atoms with Crippen LogP contribution >= 0.6 is 0 Å². The van der Waals surface area contributed by atoms with Gasteiger partial charge in [-0.1, -0.05) is 6.07 Å². The molecule has 0 saturated heterocycles. The van der Waals surface area contributed by atoms with Crippen LogP contribution in [0.1, 0.15) is 22.8 Å². The van der Waals surface area contributed by atoms with Gasteiger partial charge in [-0.15, -0.1) is 0 Å². The van der Waals surface area contributed by atoms with Crippen molar-refractivity contribution >= 4 is 27.6 Å². The van der Waals surface area contributed by atoms with Gasteiger partial charge in [-0.25, -0.2) is 18.4 Å². The number of hydrogen-bond donors (Lipinski definition) is 3. The van der Waals surface area contributed by atoms with Crippen molar-refractivity contribution in [2.75, 3.05) is 5.32 Å². The van der Waals surface area contributed by atoms with Gasteiger partial charge < -0.3 is 15.2 Å². The molecule has 0 aliphatic heterocycles. The second-order valence-electron chi connectivity index (χ2n) is 5.63. The summed E-state index contributed by atoms with van der Waals surface area (Å²) in [5.74, 6) is -1.69. The predicted octanol–water partition coefficient (Wildman–Crippen LogP) is 1.53. The van der Waals surface area contributed by atoms with Gasteiger partial charge in [0.2, 0.25) is 10.0 Å². The number of esters is 1. The molecule has 0 heterocycles. The first-order chi connectivity index (χ1) is 12.1. The first-order valence-electron chi connectivity index (χ1n) is 7.52. The van der Waals surface area contributed by atoms with Crippen molar-refractivity contribution in [3.8, 4) is 5.75 Å². The number of aromatic hydroxyl groups is 1. The van der Waals surface area contributed by atoms with Crippen molar-refractivity contribution in [1.29, 1.82) is 0 Å². The monoisotopic (exact) mass is 378 g/mol. The molecule has 0 radical (unpaired) electrons. The summed E-state index contributed by atoms with van der Waals surface area (Å²) in [7, 11) is -3.82. The van der Waals surface area contributed by atoms with Gasteiger partial charge in [0.1, 0.15) is 11.3 Å². The average molecular weight is 378 g/mol. The minimum atomic E-state index is -3.82. The summed E-state index contributed by atoms with van der Waals surface area (Å²) < 4.78 is 27.4. The third kappa shape index (κ3) is 4.80. The number of phenols is 1. The molecule has 0 aliphatic rings. The van der Waals surface area contributed by atoms with E-state index in [1.807, 2.05) is 0 Å². The van der Waals surface area contributed by atoms with E-state index in [9.17, 15) is 23.1 Å². The number of nitrogens with two attached hydrogens (primary N) is 1. The van der Waals surface area contributed by atoms with E-state index in [-0.39, 0.29) is 16.2 Å². The number of amides is 1. The molecule has 0 bridgehead atoms. The highest BCUT2D eigenvalue weighted by Gasteiger charge is 2.21. The van der Waals surface area contributed by atoms with E-state index in [1.54, 1.807) is 13.0 Å². The number of anilines is 1. The molecule has 138 valence electrons. The maximum absolute atomic E-state index is 12.1. The Morgan fingerprint density at radius 2 is 1.77 bits per heavy atom. The topological polar surface area (TPSA) is 136 Å². The van der Waals surface area contributed by atoms with Crippen LogP contribution in [0.3, 0.4) is 0 Å². The largest absolute Gasteiger partial charge is 0.507 e. The first-order valence-corrected chi connectivity index (χ1v) is 9.07. The molecule has 8 nitrogen and oxygen atoms in total. The van der Waals surface area contributed by atoms with Crippen molar-refractivity contribution < 1.29 is 27.9 Å². The lowest BCUT2D eigenvalue weighted by Gasteiger charge is -2.14. The number of hydrogen-bond acceptors (Lipinski definition) is 6. The van der Waals surface area contributed by atoms with Gasteiger partial charge in [0.15, 0.2) is 6.10 Å². The van der Waals surface area contributed by atoms with E-state index >= 15 is 0 Å². The molecule has 26 heavy (non-hydrogen) atoms. The Bertz CT molecular complexity index is 938. The van der Waals surface area contributed by atoms with Crippen molar-refractivity contribution in [3.05, 3.63) is 53.6 Å². The van der Waals surface area contributed by atoms with Crippen molar-refractivity contribution in [2.45, 2.75) is 24.8 Å². The lowest BCUT2D eigenvalue weighted by molar-refractivity contribution is -0.123. The van der Waals surface area contributed by atoms with Crippen LogP contribution in [0.4, 0.5) is 5.69 Å². The SMILES string of the molecule is Cc1ccc(C(=O)OC(C)C(=O)Nc2ccc(S(N)(=O)=O)cc2)c(O)c1. The Balaban J connectivity index is 2.02. The molecule has 2 rings (SSSR count). The smallest absolute Gasteiger partial charge is 0.342 e. The lowest BCUT2D eigenvalue weighted by Crippen LogP contribution is -2.30. The Kier molecular flexibility index (Phi) is 5.63. The van der Waals surface area contributed by atoms with E-state index in [0.717, 1.165) is 5.56 Å². The number of primary sulfonamides is 1. The molecule has 2 aromatic carbocycles.